The molecule has 0 aliphatic heterocycles. The molecule has 3 N–H and O–H groups in total. The lowest BCUT2D eigenvalue weighted by molar-refractivity contribution is 0.0729. The van der Waals surface area contributed by atoms with Gasteiger partial charge in [0, 0.05) is 23.6 Å². The highest BCUT2D eigenvalue weighted by Gasteiger charge is 2.12. The van der Waals surface area contributed by atoms with Crippen molar-refractivity contribution in [1.29, 1.82) is 0 Å². The number of ether oxygens (including phenoxy) is 2. The van der Waals surface area contributed by atoms with E-state index in [1.165, 1.54) is 25.7 Å². The molecule has 3 rings (SSSR count). The van der Waals surface area contributed by atoms with Crippen LogP contribution in [0.25, 0.3) is 0 Å². The molecular weight excluding hydrogens is 372 g/mol. The van der Waals surface area contributed by atoms with Gasteiger partial charge in [0.05, 0.1) is 18.9 Å². The summed E-state index contributed by atoms with van der Waals surface area (Å²) in [6.45, 7) is 0. The summed E-state index contributed by atoms with van der Waals surface area (Å²) in [6, 6.07) is 14.5. The number of pyridine rings is 1. The topological polar surface area (TPSA) is 116 Å². The molecule has 0 spiro atoms. The van der Waals surface area contributed by atoms with E-state index in [0.29, 0.717) is 28.1 Å². The first-order valence-electron chi connectivity index (χ1n) is 8.56. The van der Waals surface area contributed by atoms with Crippen molar-refractivity contribution in [3.8, 4) is 11.5 Å². The molecule has 0 bridgehead atoms. The van der Waals surface area contributed by atoms with Crippen LogP contribution in [-0.2, 0) is 0 Å². The molecule has 0 atom stereocenters. The largest absolute Gasteiger partial charge is 0.493 e. The fourth-order valence-electron chi connectivity index (χ4n) is 2.36. The number of esters is 1. The van der Waals surface area contributed by atoms with Gasteiger partial charge in [0.15, 0.2) is 11.5 Å². The van der Waals surface area contributed by atoms with E-state index in [-0.39, 0.29) is 11.7 Å². The van der Waals surface area contributed by atoms with E-state index in [2.05, 4.69) is 15.5 Å². The number of nitrogens with two attached hydrogens (primary N) is 1. The fraction of sp³-hybridized carbons (Fsp3) is 0.0476. The number of aromatic nitrogens is 1. The Hall–Kier alpha value is -4.20. The number of nitrogen functional groups attached to an aromatic ring is 1. The highest BCUT2D eigenvalue weighted by atomic mass is 16.6. The van der Waals surface area contributed by atoms with Gasteiger partial charge in [0.1, 0.15) is 0 Å². The van der Waals surface area contributed by atoms with E-state index in [4.69, 9.17) is 15.2 Å². The summed E-state index contributed by atoms with van der Waals surface area (Å²) in [4.78, 5) is 28.1. The van der Waals surface area contributed by atoms with Gasteiger partial charge in [-0.15, -0.1) is 0 Å². The zero-order valence-electron chi connectivity index (χ0n) is 15.5. The number of carbonyl (C=O) groups excluding carboxylic acids is 2. The molecule has 2 aromatic carbocycles. The Labute approximate surface area is 167 Å². The summed E-state index contributed by atoms with van der Waals surface area (Å²) in [5.74, 6) is -0.280. The molecule has 1 aromatic heterocycles. The van der Waals surface area contributed by atoms with Crippen molar-refractivity contribution in [3.05, 3.63) is 83.7 Å². The van der Waals surface area contributed by atoms with E-state index in [1.807, 2.05) is 0 Å². The Morgan fingerprint density at radius 3 is 2.41 bits per heavy atom. The maximum absolute atomic E-state index is 12.2. The number of nitrogens with one attached hydrogen (secondary N) is 1. The number of hydrazone groups is 1. The highest BCUT2D eigenvalue weighted by Crippen LogP contribution is 2.28. The number of hydrogen-bond donors (Lipinski definition) is 2. The molecule has 0 saturated carbocycles. The van der Waals surface area contributed by atoms with Crippen molar-refractivity contribution in [1.82, 2.24) is 10.4 Å². The summed E-state index contributed by atoms with van der Waals surface area (Å²) in [5.41, 5.74) is 10.1. The number of hydrogen-bond acceptors (Lipinski definition) is 7. The quantitative estimate of drug-likeness (QED) is 0.220. The minimum atomic E-state index is -0.525. The maximum Gasteiger partial charge on any atom is 0.343 e. The average Bonchev–Trinajstić information content (AvgIpc) is 2.75. The van der Waals surface area contributed by atoms with Gasteiger partial charge in [0.2, 0.25) is 0 Å². The molecule has 0 fully saturated rings. The first kappa shape index (κ1) is 19.6. The SMILES string of the molecule is COc1cc(/C=N\NC(=O)c2ccc(N)cc2)ccc1OC(=O)c1ccncc1. The van der Waals surface area contributed by atoms with Gasteiger partial charge < -0.3 is 15.2 Å². The van der Waals surface area contributed by atoms with Crippen LogP contribution in [0.1, 0.15) is 26.3 Å². The van der Waals surface area contributed by atoms with E-state index >= 15 is 0 Å². The van der Waals surface area contributed by atoms with Crippen LogP contribution in [-0.4, -0.2) is 30.2 Å². The number of benzene rings is 2. The third-order valence-electron chi connectivity index (χ3n) is 3.86. The Bertz CT molecular complexity index is 1030. The van der Waals surface area contributed by atoms with Crippen LogP contribution in [0.4, 0.5) is 5.69 Å². The first-order chi connectivity index (χ1) is 14.1. The fourth-order valence-corrected chi connectivity index (χ4v) is 2.36. The summed E-state index contributed by atoms with van der Waals surface area (Å²) in [7, 11) is 1.46. The zero-order valence-corrected chi connectivity index (χ0v) is 15.5. The molecular formula is C21H18N4O4. The van der Waals surface area contributed by atoms with E-state index in [1.54, 1.807) is 54.6 Å². The minimum Gasteiger partial charge on any atom is -0.493 e. The molecule has 1 amide bonds. The smallest absolute Gasteiger partial charge is 0.343 e. The lowest BCUT2D eigenvalue weighted by Crippen LogP contribution is -2.17. The zero-order chi connectivity index (χ0) is 20.6. The predicted octanol–water partition coefficient (Wildman–Crippen LogP) is 2.66. The number of nitrogens with zero attached hydrogens (tertiary/aromatic N) is 2. The van der Waals surface area contributed by atoms with Crippen LogP contribution in [0.3, 0.4) is 0 Å². The average molecular weight is 390 g/mol. The Kier molecular flexibility index (Phi) is 6.16. The van der Waals surface area contributed by atoms with Gasteiger partial charge in [0.25, 0.3) is 5.91 Å². The van der Waals surface area contributed by atoms with Crippen LogP contribution in [0, 0.1) is 0 Å². The van der Waals surface area contributed by atoms with E-state index in [0.717, 1.165) is 0 Å². The van der Waals surface area contributed by atoms with Crippen molar-refractivity contribution >= 4 is 23.8 Å². The molecule has 146 valence electrons. The van der Waals surface area contributed by atoms with Crippen molar-refractivity contribution in [2.45, 2.75) is 0 Å². The van der Waals surface area contributed by atoms with Gasteiger partial charge in [-0.3, -0.25) is 9.78 Å². The van der Waals surface area contributed by atoms with Gasteiger partial charge in [-0.05, 0) is 60.2 Å². The standard InChI is InChI=1S/C21H18N4O4/c1-28-19-12-14(13-24-25-20(26)15-3-5-17(22)6-4-15)2-7-18(19)29-21(27)16-8-10-23-11-9-16/h2-13H,22H2,1H3,(H,25,26)/b24-13-. The molecule has 8 nitrogen and oxygen atoms in total. The van der Waals surface area contributed by atoms with Gasteiger partial charge >= 0.3 is 5.97 Å². The molecule has 0 aliphatic carbocycles. The molecule has 3 aromatic rings. The maximum atomic E-state index is 12.2. The minimum absolute atomic E-state index is 0.261. The number of rotatable bonds is 6. The van der Waals surface area contributed by atoms with E-state index < -0.39 is 5.97 Å². The third-order valence-corrected chi connectivity index (χ3v) is 3.86. The summed E-state index contributed by atoms with van der Waals surface area (Å²) in [6.07, 6.45) is 4.46. The van der Waals surface area contributed by atoms with Crippen LogP contribution in [0.5, 0.6) is 11.5 Å². The monoisotopic (exact) mass is 390 g/mol. The van der Waals surface area contributed by atoms with Crippen LogP contribution in [0.2, 0.25) is 0 Å². The van der Waals surface area contributed by atoms with Crippen molar-refractivity contribution < 1.29 is 19.1 Å². The van der Waals surface area contributed by atoms with Gasteiger partial charge in [-0.25, -0.2) is 10.2 Å². The Morgan fingerprint density at radius 2 is 1.72 bits per heavy atom. The summed E-state index contributed by atoms with van der Waals surface area (Å²) < 4.78 is 10.7. The number of methoxy groups -OCH3 is 1. The van der Waals surface area contributed by atoms with Crippen LogP contribution >= 0.6 is 0 Å². The van der Waals surface area contributed by atoms with Crippen LogP contribution in [0.15, 0.2) is 72.1 Å². The molecule has 0 saturated heterocycles. The molecule has 0 radical (unpaired) electrons. The first-order valence-corrected chi connectivity index (χ1v) is 8.56. The lowest BCUT2D eigenvalue weighted by atomic mass is 10.2. The van der Waals surface area contributed by atoms with Crippen molar-refractivity contribution in [3.63, 3.8) is 0 Å². The normalized spacial score (nSPS) is 10.5. The Morgan fingerprint density at radius 1 is 1.00 bits per heavy atom. The molecule has 8 heteroatoms. The van der Waals surface area contributed by atoms with E-state index in [9.17, 15) is 9.59 Å². The molecule has 1 heterocycles. The lowest BCUT2D eigenvalue weighted by Gasteiger charge is -2.09. The van der Waals surface area contributed by atoms with Gasteiger partial charge in [-0.2, -0.15) is 5.10 Å². The molecule has 0 unspecified atom stereocenters. The summed E-state index contributed by atoms with van der Waals surface area (Å²) in [5, 5.41) is 3.93. The highest BCUT2D eigenvalue weighted by molar-refractivity contribution is 5.95. The molecule has 29 heavy (non-hydrogen) atoms. The Balaban J connectivity index is 1.66. The third kappa shape index (κ3) is 5.16. The second-order valence-corrected chi connectivity index (χ2v) is 5.86. The van der Waals surface area contributed by atoms with Crippen LogP contribution < -0.4 is 20.6 Å². The predicted molar refractivity (Wildman–Crippen MR) is 108 cm³/mol. The van der Waals surface area contributed by atoms with Crippen molar-refractivity contribution in [2.24, 2.45) is 5.10 Å². The molecule has 0 aliphatic rings. The second-order valence-electron chi connectivity index (χ2n) is 5.86. The second kappa shape index (κ2) is 9.14. The number of anilines is 1. The number of carbonyl (C=O) groups is 2. The number of amides is 1. The van der Waals surface area contributed by atoms with Crippen molar-refractivity contribution in [2.75, 3.05) is 12.8 Å². The summed E-state index contributed by atoms with van der Waals surface area (Å²) >= 11 is 0. The van der Waals surface area contributed by atoms with Gasteiger partial charge in [-0.1, -0.05) is 0 Å².